The molecule has 0 aromatic rings. The topological polar surface area (TPSA) is 214 Å². The highest BCUT2D eigenvalue weighted by Crippen LogP contribution is 2.32. The van der Waals surface area contributed by atoms with Gasteiger partial charge in [0.2, 0.25) is 0 Å². The molecule has 3 fully saturated rings. The van der Waals surface area contributed by atoms with Gasteiger partial charge in [0.25, 0.3) is 0 Å². The van der Waals surface area contributed by atoms with Crippen LogP contribution in [0.15, 0.2) is 0 Å². The quantitative estimate of drug-likeness (QED) is 0.184. The smallest absolute Gasteiger partial charge is 0.303 e. The molecule has 0 saturated carbocycles. The Morgan fingerprint density at radius 1 is 0.727 bits per heavy atom. The molecule has 0 aromatic carbocycles. The zero-order valence-corrected chi connectivity index (χ0v) is 18.3. The van der Waals surface area contributed by atoms with E-state index < -0.39 is 92.0 Å². The maximum Gasteiger partial charge on any atom is 0.303 e. The molecule has 0 bridgehead atoms. The lowest BCUT2D eigenvalue weighted by atomic mass is 9.97. The normalized spacial score (nSPS) is 51.2. The second-order valence-corrected chi connectivity index (χ2v) is 8.44. The van der Waals surface area contributed by atoms with Crippen molar-refractivity contribution in [3.63, 3.8) is 0 Å². The van der Waals surface area contributed by atoms with Gasteiger partial charge in [0.05, 0.1) is 18.8 Å². The van der Waals surface area contributed by atoms with Crippen LogP contribution in [0.2, 0.25) is 0 Å². The molecule has 0 aliphatic carbocycles. The van der Waals surface area contributed by atoms with Crippen LogP contribution < -0.4 is 0 Å². The van der Waals surface area contributed by atoms with Crippen LogP contribution in [0.4, 0.5) is 0 Å². The summed E-state index contributed by atoms with van der Waals surface area (Å²) in [6.45, 7) is 3.59. The van der Waals surface area contributed by atoms with Gasteiger partial charge in [-0.25, -0.2) is 0 Å². The fourth-order valence-corrected chi connectivity index (χ4v) is 3.94. The van der Waals surface area contributed by atoms with Gasteiger partial charge in [0.15, 0.2) is 25.0 Å². The Hall–Kier alpha value is -1.01. The second-order valence-electron chi connectivity index (χ2n) is 8.44. The third-order valence-corrected chi connectivity index (χ3v) is 5.90. The summed E-state index contributed by atoms with van der Waals surface area (Å²) in [5.41, 5.74) is 0. The van der Waals surface area contributed by atoms with Crippen molar-refractivity contribution >= 4 is 5.97 Å². The van der Waals surface area contributed by atoms with E-state index in [1.807, 2.05) is 0 Å². The number of hydrogen-bond acceptors (Lipinski definition) is 14. The van der Waals surface area contributed by atoms with E-state index in [0.29, 0.717) is 0 Å². The summed E-state index contributed by atoms with van der Waals surface area (Å²) in [5, 5.41) is 71.3. The number of rotatable bonds is 5. The molecule has 14 atom stereocenters. The van der Waals surface area contributed by atoms with Gasteiger partial charge in [-0.2, -0.15) is 0 Å². The first kappa shape index (κ1) is 26.6. The van der Waals surface area contributed by atoms with Crippen molar-refractivity contribution in [3.8, 4) is 0 Å². The van der Waals surface area contributed by atoms with E-state index in [1.165, 1.54) is 13.8 Å². The molecule has 14 nitrogen and oxygen atoms in total. The molecule has 3 rings (SSSR count). The second kappa shape index (κ2) is 10.7. The highest BCUT2D eigenvalue weighted by molar-refractivity contribution is 5.66. The maximum atomic E-state index is 11.5. The molecule has 0 aromatic heterocycles. The Morgan fingerprint density at radius 3 is 1.97 bits per heavy atom. The van der Waals surface area contributed by atoms with Gasteiger partial charge in [0, 0.05) is 6.92 Å². The maximum absolute atomic E-state index is 11.5. The monoisotopic (exact) mass is 484 g/mol. The third kappa shape index (κ3) is 5.63. The molecule has 0 unspecified atom stereocenters. The summed E-state index contributed by atoms with van der Waals surface area (Å²) in [4.78, 5) is 11.5. The Labute approximate surface area is 189 Å². The minimum Gasteiger partial charge on any atom is -0.454 e. The van der Waals surface area contributed by atoms with Crippen LogP contribution in [0.25, 0.3) is 0 Å². The van der Waals surface area contributed by atoms with E-state index in [1.54, 1.807) is 0 Å². The number of esters is 1. The number of aliphatic hydroxyl groups is 7. The number of ether oxygens (including phenoxy) is 6. The number of carbonyl (C=O) groups is 1. The Kier molecular flexibility index (Phi) is 8.64. The average molecular weight is 484 g/mol. The summed E-state index contributed by atoms with van der Waals surface area (Å²) >= 11 is 0. The fourth-order valence-electron chi connectivity index (χ4n) is 3.94. The third-order valence-electron chi connectivity index (χ3n) is 5.90. The van der Waals surface area contributed by atoms with Crippen molar-refractivity contribution in [2.75, 3.05) is 6.61 Å². The Morgan fingerprint density at radius 2 is 1.33 bits per heavy atom. The highest BCUT2D eigenvalue weighted by Gasteiger charge is 2.52. The number of aliphatic hydroxyl groups excluding tert-OH is 7. The molecular formula is C19H32O14. The van der Waals surface area contributed by atoms with Crippen LogP contribution >= 0.6 is 0 Å². The summed E-state index contributed by atoms with van der Waals surface area (Å²) in [6.07, 6.45) is -20.1. The lowest BCUT2D eigenvalue weighted by Gasteiger charge is -2.47. The van der Waals surface area contributed by atoms with E-state index in [-0.39, 0.29) is 6.61 Å². The Bertz CT molecular complexity index is 664. The molecule has 0 spiro atoms. The van der Waals surface area contributed by atoms with E-state index in [4.69, 9.17) is 28.4 Å². The zero-order valence-electron chi connectivity index (χ0n) is 18.3. The number of hydrogen-bond donors (Lipinski definition) is 7. The fraction of sp³-hybridized carbons (Fsp3) is 0.947. The van der Waals surface area contributed by atoms with Crippen LogP contribution in [0.1, 0.15) is 20.8 Å². The van der Waals surface area contributed by atoms with E-state index >= 15 is 0 Å². The van der Waals surface area contributed by atoms with Gasteiger partial charge < -0.3 is 64.2 Å². The van der Waals surface area contributed by atoms with E-state index in [9.17, 15) is 40.5 Å². The molecule has 3 heterocycles. The molecule has 0 radical (unpaired) electrons. The molecule has 14 heteroatoms. The highest BCUT2D eigenvalue weighted by atomic mass is 16.8. The van der Waals surface area contributed by atoms with Crippen LogP contribution in [-0.4, -0.2) is 134 Å². The van der Waals surface area contributed by atoms with Crippen LogP contribution in [-0.2, 0) is 33.2 Å². The van der Waals surface area contributed by atoms with Gasteiger partial charge in [-0.3, -0.25) is 4.79 Å². The molecule has 7 N–H and O–H groups in total. The summed E-state index contributed by atoms with van der Waals surface area (Å²) in [6, 6.07) is 0. The lowest BCUT2D eigenvalue weighted by molar-refractivity contribution is -0.378. The number of carbonyl (C=O) groups excluding carboxylic acids is 1. The summed E-state index contributed by atoms with van der Waals surface area (Å²) < 4.78 is 32.4. The average Bonchev–Trinajstić information content (AvgIpc) is 2.75. The lowest BCUT2D eigenvalue weighted by Crippen LogP contribution is -2.65. The summed E-state index contributed by atoms with van der Waals surface area (Å²) in [7, 11) is 0. The van der Waals surface area contributed by atoms with Crippen molar-refractivity contribution in [2.45, 2.75) is 107 Å². The minimum atomic E-state index is -1.70. The van der Waals surface area contributed by atoms with E-state index in [2.05, 4.69) is 0 Å². The SMILES string of the molecule is CC(=O)O[C@H]1[C@H](O[C@@H]2[C@@H](O[C@@H]3OC[C@@H](O)[C@H](O)[C@H]3O)[C@@H](O)[C@@H](C)O[C@H]2O)O[C@@H](C)[C@H](O)[C@H]1O. The standard InChI is InChI=1S/C19H32O14/c1-5-9(22)12(25)15(31-7(3)20)19(30-5)33-16-14(10(23)6(2)29-17(16)27)32-18-13(26)11(24)8(21)4-28-18/h5-6,8-19,21-27H,4H2,1-3H3/t5-,6+,8+,9-,10-,11-,12+,13+,14-,15+,16+,17+,18-,19-/m0/s1. The zero-order chi connectivity index (χ0) is 24.6. The van der Waals surface area contributed by atoms with Crippen molar-refractivity contribution in [3.05, 3.63) is 0 Å². The van der Waals surface area contributed by atoms with Crippen LogP contribution in [0.5, 0.6) is 0 Å². The van der Waals surface area contributed by atoms with Gasteiger partial charge in [-0.05, 0) is 13.8 Å². The van der Waals surface area contributed by atoms with Crippen LogP contribution in [0.3, 0.4) is 0 Å². The summed E-state index contributed by atoms with van der Waals surface area (Å²) in [5.74, 6) is -0.800. The van der Waals surface area contributed by atoms with Gasteiger partial charge >= 0.3 is 5.97 Å². The first-order chi connectivity index (χ1) is 15.4. The predicted molar refractivity (Wildman–Crippen MR) is 102 cm³/mol. The van der Waals surface area contributed by atoms with Gasteiger partial charge in [0.1, 0.15) is 48.8 Å². The molecule has 3 aliphatic rings. The van der Waals surface area contributed by atoms with Crippen LogP contribution in [0, 0.1) is 0 Å². The molecule has 33 heavy (non-hydrogen) atoms. The molecule has 192 valence electrons. The van der Waals surface area contributed by atoms with Crippen molar-refractivity contribution in [1.29, 1.82) is 0 Å². The largest absolute Gasteiger partial charge is 0.454 e. The minimum absolute atomic E-state index is 0.367. The molecule has 3 aliphatic heterocycles. The van der Waals surface area contributed by atoms with Gasteiger partial charge in [-0.1, -0.05) is 0 Å². The molecular weight excluding hydrogens is 452 g/mol. The first-order valence-corrected chi connectivity index (χ1v) is 10.6. The Balaban J connectivity index is 1.82. The van der Waals surface area contributed by atoms with E-state index in [0.717, 1.165) is 6.92 Å². The first-order valence-electron chi connectivity index (χ1n) is 10.6. The van der Waals surface area contributed by atoms with Crippen molar-refractivity contribution in [2.24, 2.45) is 0 Å². The molecule has 3 saturated heterocycles. The van der Waals surface area contributed by atoms with Gasteiger partial charge in [-0.15, -0.1) is 0 Å². The molecule has 0 amide bonds. The van der Waals surface area contributed by atoms with Crippen molar-refractivity contribution in [1.82, 2.24) is 0 Å². The van der Waals surface area contributed by atoms with Crippen molar-refractivity contribution < 1.29 is 69.0 Å². The predicted octanol–water partition coefficient (Wildman–Crippen LogP) is -4.31.